The highest BCUT2D eigenvalue weighted by Crippen LogP contribution is 2.16. The van der Waals surface area contributed by atoms with E-state index in [0.717, 1.165) is 10.7 Å². The molecule has 0 aliphatic carbocycles. The summed E-state index contributed by atoms with van der Waals surface area (Å²) in [6, 6.07) is 0. The molecule has 68 valence electrons. The SMILES string of the molecule is Cc1cn2cc(CC(=O)Cl)nc2s1. The topological polar surface area (TPSA) is 34.4 Å². The van der Waals surface area contributed by atoms with Crippen LogP contribution in [0.1, 0.15) is 10.6 Å². The van der Waals surface area contributed by atoms with E-state index < -0.39 is 0 Å². The third kappa shape index (κ3) is 1.73. The van der Waals surface area contributed by atoms with Crippen molar-refractivity contribution in [1.29, 1.82) is 0 Å². The number of fused-ring (bicyclic) bond motifs is 1. The minimum absolute atomic E-state index is 0.203. The normalized spacial score (nSPS) is 10.9. The summed E-state index contributed by atoms with van der Waals surface area (Å²) in [5, 5.41) is -0.373. The molecule has 0 fully saturated rings. The summed E-state index contributed by atoms with van der Waals surface area (Å²) < 4.78 is 1.91. The number of carbonyl (C=O) groups is 1. The average molecular weight is 215 g/mol. The van der Waals surface area contributed by atoms with Crippen molar-refractivity contribution in [2.24, 2.45) is 0 Å². The van der Waals surface area contributed by atoms with Crippen LogP contribution in [0.15, 0.2) is 12.4 Å². The molecule has 2 heterocycles. The van der Waals surface area contributed by atoms with E-state index in [1.165, 1.54) is 4.88 Å². The zero-order valence-electron chi connectivity index (χ0n) is 6.95. The second-order valence-corrected chi connectivity index (χ2v) is 4.43. The molecule has 0 aliphatic rings. The van der Waals surface area contributed by atoms with Crippen molar-refractivity contribution in [3.8, 4) is 0 Å². The number of carbonyl (C=O) groups excluding carboxylic acids is 1. The number of hydrogen-bond acceptors (Lipinski definition) is 3. The van der Waals surface area contributed by atoms with Gasteiger partial charge >= 0.3 is 0 Å². The molecule has 13 heavy (non-hydrogen) atoms. The maximum absolute atomic E-state index is 10.6. The quantitative estimate of drug-likeness (QED) is 0.717. The number of aromatic nitrogens is 2. The van der Waals surface area contributed by atoms with Crippen LogP contribution in [0.3, 0.4) is 0 Å². The monoisotopic (exact) mass is 214 g/mol. The van der Waals surface area contributed by atoms with Crippen LogP contribution in [-0.2, 0) is 11.2 Å². The molecular weight excluding hydrogens is 208 g/mol. The highest BCUT2D eigenvalue weighted by Gasteiger charge is 2.06. The van der Waals surface area contributed by atoms with Crippen LogP contribution in [-0.4, -0.2) is 14.6 Å². The molecule has 3 nitrogen and oxygen atoms in total. The molecule has 0 bridgehead atoms. The number of hydrogen-bond donors (Lipinski definition) is 0. The smallest absolute Gasteiger partial charge is 0.227 e. The van der Waals surface area contributed by atoms with Crippen LogP contribution in [0, 0.1) is 6.92 Å². The Morgan fingerprint density at radius 2 is 2.46 bits per heavy atom. The van der Waals surface area contributed by atoms with Crippen LogP contribution in [0.2, 0.25) is 0 Å². The van der Waals surface area contributed by atoms with Crippen molar-refractivity contribution in [2.75, 3.05) is 0 Å². The van der Waals surface area contributed by atoms with Gasteiger partial charge in [0.2, 0.25) is 5.24 Å². The van der Waals surface area contributed by atoms with Crippen molar-refractivity contribution >= 4 is 33.1 Å². The Morgan fingerprint density at radius 3 is 3.08 bits per heavy atom. The van der Waals surface area contributed by atoms with E-state index in [1.807, 2.05) is 23.7 Å². The van der Waals surface area contributed by atoms with Gasteiger partial charge in [0.15, 0.2) is 4.96 Å². The maximum Gasteiger partial charge on any atom is 0.227 e. The Kier molecular flexibility index (Phi) is 2.09. The van der Waals surface area contributed by atoms with Crippen LogP contribution < -0.4 is 0 Å². The van der Waals surface area contributed by atoms with Crippen LogP contribution >= 0.6 is 22.9 Å². The molecule has 2 rings (SSSR count). The first-order valence-corrected chi connectivity index (χ1v) is 4.97. The van der Waals surface area contributed by atoms with Gasteiger partial charge in [-0.2, -0.15) is 0 Å². The van der Waals surface area contributed by atoms with Crippen LogP contribution in [0.4, 0.5) is 0 Å². The van der Waals surface area contributed by atoms with E-state index in [1.54, 1.807) is 11.3 Å². The molecule has 5 heteroatoms. The molecule has 2 aromatic heterocycles. The van der Waals surface area contributed by atoms with E-state index in [-0.39, 0.29) is 11.7 Å². The fourth-order valence-corrected chi connectivity index (χ4v) is 2.15. The molecule has 2 aromatic rings. The third-order valence-corrected chi connectivity index (χ3v) is 2.69. The number of thiazole rings is 1. The Labute approximate surface area is 84.0 Å². The third-order valence-electron chi connectivity index (χ3n) is 1.64. The van der Waals surface area contributed by atoms with Gasteiger partial charge in [-0.25, -0.2) is 4.98 Å². The molecule has 0 atom stereocenters. The van der Waals surface area contributed by atoms with Gasteiger partial charge < -0.3 is 0 Å². The zero-order chi connectivity index (χ0) is 9.42. The first-order valence-electron chi connectivity index (χ1n) is 3.77. The summed E-state index contributed by atoms with van der Waals surface area (Å²) in [7, 11) is 0. The van der Waals surface area contributed by atoms with Gasteiger partial charge in [-0.15, -0.1) is 11.3 Å². The van der Waals surface area contributed by atoms with Crippen molar-refractivity contribution in [1.82, 2.24) is 9.38 Å². The molecule has 0 spiro atoms. The van der Waals surface area contributed by atoms with Gasteiger partial charge in [0.1, 0.15) is 0 Å². The Hall–Kier alpha value is -0.870. The number of rotatable bonds is 2. The molecule has 0 saturated heterocycles. The summed E-state index contributed by atoms with van der Waals surface area (Å²) in [6.07, 6.45) is 4.02. The van der Waals surface area contributed by atoms with Gasteiger partial charge in [0.25, 0.3) is 0 Å². The van der Waals surface area contributed by atoms with Crippen molar-refractivity contribution in [3.05, 3.63) is 23.0 Å². The van der Waals surface area contributed by atoms with E-state index in [2.05, 4.69) is 4.98 Å². The lowest BCUT2D eigenvalue weighted by molar-refractivity contribution is -0.111. The summed E-state index contributed by atoms with van der Waals surface area (Å²) in [5.74, 6) is 0. The largest absolute Gasteiger partial charge is 0.297 e. The molecule has 0 aromatic carbocycles. The highest BCUT2D eigenvalue weighted by molar-refractivity contribution is 7.16. The van der Waals surface area contributed by atoms with Gasteiger partial charge in [-0.3, -0.25) is 9.20 Å². The van der Waals surface area contributed by atoms with E-state index in [4.69, 9.17) is 11.6 Å². The van der Waals surface area contributed by atoms with Crippen LogP contribution in [0.5, 0.6) is 0 Å². The number of imidazole rings is 1. The van der Waals surface area contributed by atoms with E-state index in [0.29, 0.717) is 0 Å². The molecule has 0 aliphatic heterocycles. The first-order chi connectivity index (χ1) is 6.15. The Balaban J connectivity index is 2.39. The lowest BCUT2D eigenvalue weighted by atomic mass is 10.4. The second-order valence-electron chi connectivity index (χ2n) is 2.80. The molecule has 0 saturated carbocycles. The number of nitrogens with zero attached hydrogens (tertiary/aromatic N) is 2. The summed E-state index contributed by atoms with van der Waals surface area (Å²) in [6.45, 7) is 2.02. The fourth-order valence-electron chi connectivity index (χ4n) is 1.19. The molecule has 0 amide bonds. The number of halogens is 1. The molecular formula is C8H7ClN2OS. The molecule has 0 N–H and O–H groups in total. The van der Waals surface area contributed by atoms with Gasteiger partial charge in [-0.05, 0) is 18.5 Å². The Bertz CT molecular complexity index is 428. The summed E-state index contributed by atoms with van der Waals surface area (Å²) in [4.78, 5) is 17.0. The zero-order valence-corrected chi connectivity index (χ0v) is 8.52. The second kappa shape index (κ2) is 3.12. The predicted octanol–water partition coefficient (Wildman–Crippen LogP) is 2.01. The van der Waals surface area contributed by atoms with Gasteiger partial charge in [-0.1, -0.05) is 0 Å². The summed E-state index contributed by atoms with van der Waals surface area (Å²) in [5.41, 5.74) is 0.728. The summed E-state index contributed by atoms with van der Waals surface area (Å²) >= 11 is 6.85. The molecule has 0 unspecified atom stereocenters. The highest BCUT2D eigenvalue weighted by atomic mass is 35.5. The lowest BCUT2D eigenvalue weighted by Gasteiger charge is -1.84. The van der Waals surface area contributed by atoms with Crippen LogP contribution in [0.25, 0.3) is 4.96 Å². The minimum atomic E-state index is -0.373. The van der Waals surface area contributed by atoms with Crippen molar-refractivity contribution < 1.29 is 4.79 Å². The van der Waals surface area contributed by atoms with E-state index in [9.17, 15) is 4.79 Å². The lowest BCUT2D eigenvalue weighted by Crippen LogP contribution is -1.92. The maximum atomic E-state index is 10.6. The first kappa shape index (κ1) is 8.72. The Morgan fingerprint density at radius 1 is 1.69 bits per heavy atom. The van der Waals surface area contributed by atoms with E-state index >= 15 is 0 Å². The minimum Gasteiger partial charge on any atom is -0.297 e. The average Bonchev–Trinajstić information content (AvgIpc) is 2.41. The van der Waals surface area contributed by atoms with Crippen molar-refractivity contribution in [2.45, 2.75) is 13.3 Å². The standard InChI is InChI=1S/C8H7ClN2OS/c1-5-3-11-4-6(2-7(9)12)10-8(11)13-5/h3-4H,2H2,1H3. The van der Waals surface area contributed by atoms with Gasteiger partial charge in [0, 0.05) is 17.3 Å². The van der Waals surface area contributed by atoms with Crippen molar-refractivity contribution in [3.63, 3.8) is 0 Å². The molecule has 0 radical (unpaired) electrons. The van der Waals surface area contributed by atoms with Gasteiger partial charge in [0.05, 0.1) is 12.1 Å². The fraction of sp³-hybridized carbons (Fsp3) is 0.250. The number of aryl methyl sites for hydroxylation is 1. The predicted molar refractivity (Wildman–Crippen MR) is 52.4 cm³/mol.